The first kappa shape index (κ1) is 17.2. The third-order valence-corrected chi connectivity index (χ3v) is 3.95. The molecule has 2 aromatic rings. The minimum Gasteiger partial charge on any atom is -0.467 e. The molecule has 0 radical (unpaired) electrons. The first-order chi connectivity index (χ1) is 10.6. The highest BCUT2D eigenvalue weighted by molar-refractivity contribution is 7.07. The van der Waals surface area contributed by atoms with Crippen molar-refractivity contribution in [3.8, 4) is 0 Å². The topological polar surface area (TPSA) is 45.8 Å². The summed E-state index contributed by atoms with van der Waals surface area (Å²) in [7, 11) is 0. The van der Waals surface area contributed by atoms with E-state index < -0.39 is 6.10 Å². The molecule has 0 aromatic carbocycles. The quantitative estimate of drug-likeness (QED) is 0.728. The molecular formula is C17H25NO3S. The smallest absolute Gasteiger partial charge is 0.129 e. The lowest BCUT2D eigenvalue weighted by Gasteiger charge is -2.26. The van der Waals surface area contributed by atoms with Crippen molar-refractivity contribution in [2.24, 2.45) is 5.92 Å². The molecule has 0 amide bonds. The second kappa shape index (κ2) is 9.10. The molecule has 0 bridgehead atoms. The molecule has 0 aliphatic rings. The normalized spacial score (nSPS) is 13.1. The molecule has 0 spiro atoms. The summed E-state index contributed by atoms with van der Waals surface area (Å²) in [5.74, 6) is 1.35. The van der Waals surface area contributed by atoms with Crippen LogP contribution < -0.4 is 0 Å². The van der Waals surface area contributed by atoms with Gasteiger partial charge in [0.05, 0.1) is 19.0 Å². The van der Waals surface area contributed by atoms with Gasteiger partial charge < -0.3 is 14.3 Å². The average molecular weight is 323 g/mol. The van der Waals surface area contributed by atoms with Crippen LogP contribution in [0.1, 0.15) is 25.2 Å². The molecule has 1 N–H and O–H groups in total. The van der Waals surface area contributed by atoms with E-state index in [4.69, 9.17) is 9.15 Å². The van der Waals surface area contributed by atoms with E-state index in [9.17, 15) is 5.11 Å². The SMILES string of the molecule is CC(C)CN(Cc1ccsc1)C[C@H](O)COCc1ccco1. The lowest BCUT2D eigenvalue weighted by molar-refractivity contribution is 0.00226. The maximum atomic E-state index is 10.2. The zero-order valence-corrected chi connectivity index (χ0v) is 14.1. The summed E-state index contributed by atoms with van der Waals surface area (Å²) < 4.78 is 10.7. The Labute approximate surface area is 136 Å². The number of hydrogen-bond donors (Lipinski definition) is 1. The first-order valence-electron chi connectivity index (χ1n) is 7.65. The fraction of sp³-hybridized carbons (Fsp3) is 0.529. The van der Waals surface area contributed by atoms with Crippen molar-refractivity contribution < 1.29 is 14.3 Å². The molecule has 0 saturated heterocycles. The summed E-state index contributed by atoms with van der Waals surface area (Å²) in [6, 6.07) is 5.84. The van der Waals surface area contributed by atoms with Crippen LogP contribution in [0.3, 0.4) is 0 Å². The molecule has 5 heteroatoms. The van der Waals surface area contributed by atoms with E-state index in [2.05, 4.69) is 35.6 Å². The lowest BCUT2D eigenvalue weighted by atomic mass is 10.2. The summed E-state index contributed by atoms with van der Waals surface area (Å²) in [6.45, 7) is 7.56. The van der Waals surface area contributed by atoms with Gasteiger partial charge in [-0.1, -0.05) is 13.8 Å². The molecular weight excluding hydrogens is 298 g/mol. The van der Waals surface area contributed by atoms with Gasteiger partial charge in [-0.25, -0.2) is 0 Å². The number of furan rings is 1. The van der Waals surface area contributed by atoms with Crippen molar-refractivity contribution in [1.29, 1.82) is 0 Å². The molecule has 0 aliphatic carbocycles. The van der Waals surface area contributed by atoms with E-state index >= 15 is 0 Å². The summed E-state index contributed by atoms with van der Waals surface area (Å²) >= 11 is 1.71. The number of nitrogens with zero attached hydrogens (tertiary/aromatic N) is 1. The number of aliphatic hydroxyl groups is 1. The highest BCUT2D eigenvalue weighted by Crippen LogP contribution is 2.12. The molecule has 2 heterocycles. The van der Waals surface area contributed by atoms with Crippen LogP contribution in [0.5, 0.6) is 0 Å². The van der Waals surface area contributed by atoms with Gasteiger partial charge in [-0.2, -0.15) is 11.3 Å². The van der Waals surface area contributed by atoms with Crippen LogP contribution in [0.4, 0.5) is 0 Å². The number of ether oxygens (including phenoxy) is 1. The molecule has 0 aliphatic heterocycles. The molecule has 0 unspecified atom stereocenters. The zero-order chi connectivity index (χ0) is 15.8. The Hall–Kier alpha value is -1.14. The predicted octanol–water partition coefficient (Wildman–Crippen LogP) is 3.38. The van der Waals surface area contributed by atoms with Crippen molar-refractivity contribution in [3.63, 3.8) is 0 Å². The minimum absolute atomic E-state index is 0.318. The van der Waals surface area contributed by atoms with E-state index in [0.29, 0.717) is 25.7 Å². The monoisotopic (exact) mass is 323 g/mol. The molecule has 0 fully saturated rings. The molecule has 0 saturated carbocycles. The number of hydrogen-bond acceptors (Lipinski definition) is 5. The molecule has 2 rings (SSSR count). The second-order valence-electron chi connectivity index (χ2n) is 5.97. The van der Waals surface area contributed by atoms with E-state index in [1.807, 2.05) is 12.1 Å². The fourth-order valence-corrected chi connectivity index (χ4v) is 3.06. The van der Waals surface area contributed by atoms with Gasteiger partial charge >= 0.3 is 0 Å². The van der Waals surface area contributed by atoms with Crippen LogP contribution in [-0.4, -0.2) is 35.8 Å². The Bertz CT molecular complexity index is 496. The summed E-state index contributed by atoms with van der Waals surface area (Å²) in [6.07, 6.45) is 1.13. The van der Waals surface area contributed by atoms with E-state index in [-0.39, 0.29) is 0 Å². The van der Waals surface area contributed by atoms with Gasteiger partial charge in [0.1, 0.15) is 12.4 Å². The van der Waals surface area contributed by atoms with Gasteiger partial charge in [0, 0.05) is 19.6 Å². The van der Waals surface area contributed by atoms with E-state index in [1.165, 1.54) is 5.56 Å². The first-order valence-corrected chi connectivity index (χ1v) is 8.59. The number of thiophene rings is 1. The number of aliphatic hydroxyl groups excluding tert-OH is 1. The van der Waals surface area contributed by atoms with Gasteiger partial charge in [-0.15, -0.1) is 0 Å². The summed E-state index contributed by atoms with van der Waals surface area (Å²) in [5.41, 5.74) is 1.30. The third kappa shape index (κ3) is 6.32. The Kier molecular flexibility index (Phi) is 7.12. The zero-order valence-electron chi connectivity index (χ0n) is 13.3. The van der Waals surface area contributed by atoms with Crippen molar-refractivity contribution in [2.45, 2.75) is 33.1 Å². The number of rotatable bonds is 10. The van der Waals surface area contributed by atoms with Crippen LogP contribution >= 0.6 is 11.3 Å². The Balaban J connectivity index is 1.75. The van der Waals surface area contributed by atoms with Gasteiger partial charge in [0.15, 0.2) is 0 Å². The molecule has 4 nitrogen and oxygen atoms in total. The maximum Gasteiger partial charge on any atom is 0.129 e. The Morgan fingerprint density at radius 3 is 2.82 bits per heavy atom. The van der Waals surface area contributed by atoms with Crippen molar-refractivity contribution >= 4 is 11.3 Å². The van der Waals surface area contributed by atoms with Crippen molar-refractivity contribution in [3.05, 3.63) is 46.5 Å². The second-order valence-corrected chi connectivity index (χ2v) is 6.75. The van der Waals surface area contributed by atoms with Gasteiger partial charge in [0.2, 0.25) is 0 Å². The van der Waals surface area contributed by atoms with Crippen molar-refractivity contribution in [1.82, 2.24) is 4.90 Å². The Morgan fingerprint density at radius 1 is 1.32 bits per heavy atom. The maximum absolute atomic E-state index is 10.2. The molecule has 2 aromatic heterocycles. The van der Waals surface area contributed by atoms with Crippen LogP contribution in [0.25, 0.3) is 0 Å². The Morgan fingerprint density at radius 2 is 2.18 bits per heavy atom. The van der Waals surface area contributed by atoms with Gasteiger partial charge in [0.25, 0.3) is 0 Å². The van der Waals surface area contributed by atoms with Gasteiger partial charge in [-0.05, 0) is 40.4 Å². The van der Waals surface area contributed by atoms with E-state index in [1.54, 1.807) is 17.6 Å². The third-order valence-electron chi connectivity index (χ3n) is 3.21. The van der Waals surface area contributed by atoms with Crippen molar-refractivity contribution in [2.75, 3.05) is 19.7 Å². The van der Waals surface area contributed by atoms with E-state index in [0.717, 1.165) is 18.8 Å². The highest BCUT2D eigenvalue weighted by atomic mass is 32.1. The standard InChI is InChI=1S/C17H25NO3S/c1-14(2)8-18(9-15-5-7-22-13-15)10-16(19)11-20-12-17-4-3-6-21-17/h3-7,13-14,16,19H,8-12H2,1-2H3/t16-/m0/s1. The van der Waals surface area contributed by atoms with Gasteiger partial charge in [-0.3, -0.25) is 4.90 Å². The summed E-state index contributed by atoms with van der Waals surface area (Å²) in [4.78, 5) is 2.29. The lowest BCUT2D eigenvalue weighted by Crippen LogP contribution is -2.36. The highest BCUT2D eigenvalue weighted by Gasteiger charge is 2.14. The van der Waals surface area contributed by atoms with Crippen LogP contribution in [0, 0.1) is 5.92 Å². The van der Waals surface area contributed by atoms with Crippen LogP contribution in [0.15, 0.2) is 39.6 Å². The van der Waals surface area contributed by atoms with Crippen LogP contribution in [0.2, 0.25) is 0 Å². The largest absolute Gasteiger partial charge is 0.467 e. The summed E-state index contributed by atoms with van der Waals surface area (Å²) in [5, 5.41) is 14.4. The molecule has 22 heavy (non-hydrogen) atoms. The molecule has 1 atom stereocenters. The minimum atomic E-state index is -0.493. The molecule has 122 valence electrons. The van der Waals surface area contributed by atoms with Crippen LogP contribution in [-0.2, 0) is 17.9 Å². The fourth-order valence-electron chi connectivity index (χ4n) is 2.40. The average Bonchev–Trinajstić information content (AvgIpc) is 3.11. The predicted molar refractivity (Wildman–Crippen MR) is 88.8 cm³/mol.